The molecule has 13 heteroatoms. The number of likely N-dealkylation sites (N-methyl/N-ethyl adjacent to an activating group) is 1. The molecule has 1 amide bonds. The zero-order valence-electron chi connectivity index (χ0n) is 24.6. The molecule has 1 saturated carbocycles. The maximum absolute atomic E-state index is 14.1. The zero-order valence-corrected chi connectivity index (χ0v) is 24.6. The highest BCUT2D eigenvalue weighted by atomic mass is 19.3. The highest BCUT2D eigenvalue weighted by Gasteiger charge is 2.64. The monoisotopic (exact) mass is 604 g/mol. The molecule has 4 aliphatic rings. The van der Waals surface area contributed by atoms with Crippen LogP contribution in [0.5, 0.6) is 5.75 Å². The quantitative estimate of drug-likeness (QED) is 0.300. The van der Waals surface area contributed by atoms with Crippen LogP contribution in [0.1, 0.15) is 36.0 Å². The maximum atomic E-state index is 14.1. The summed E-state index contributed by atoms with van der Waals surface area (Å²) >= 11 is 0. The van der Waals surface area contributed by atoms with Gasteiger partial charge in [0.25, 0.3) is 5.91 Å². The van der Waals surface area contributed by atoms with Gasteiger partial charge >= 0.3 is 0 Å². The number of phenols is 1. The first-order valence-corrected chi connectivity index (χ1v) is 14.3. The van der Waals surface area contributed by atoms with Crippen molar-refractivity contribution in [2.75, 3.05) is 46.2 Å². The minimum absolute atomic E-state index is 0.000223. The maximum Gasteiger partial charge on any atom is 0.255 e. The molecular weight excluding hydrogens is 566 g/mol. The molecule has 1 aromatic rings. The zero-order chi connectivity index (χ0) is 31.7. The van der Waals surface area contributed by atoms with Crippen LogP contribution in [-0.4, -0.2) is 107 Å². The van der Waals surface area contributed by atoms with Crippen molar-refractivity contribution >= 4 is 28.9 Å². The summed E-state index contributed by atoms with van der Waals surface area (Å²) in [5.74, 6) is -7.65. The van der Waals surface area contributed by atoms with Crippen molar-refractivity contribution in [2.24, 2.45) is 23.5 Å². The Morgan fingerprint density at radius 3 is 2.30 bits per heavy atom. The van der Waals surface area contributed by atoms with Gasteiger partial charge in [-0.25, -0.2) is 8.78 Å². The number of amides is 1. The third-order valence-electron chi connectivity index (χ3n) is 9.64. The molecule has 2 fully saturated rings. The van der Waals surface area contributed by atoms with Gasteiger partial charge in [-0.05, 0) is 70.4 Å². The smallest absolute Gasteiger partial charge is 0.255 e. The molecule has 43 heavy (non-hydrogen) atoms. The molecule has 0 aromatic heterocycles. The van der Waals surface area contributed by atoms with Crippen LogP contribution in [0.25, 0.3) is 5.76 Å². The predicted octanol–water partition coefficient (Wildman–Crippen LogP) is 1.51. The number of aliphatic hydroxyl groups is 3. The topological polar surface area (TPSA) is 168 Å². The number of aromatic hydroxyl groups is 1. The van der Waals surface area contributed by atoms with Crippen molar-refractivity contribution in [1.82, 2.24) is 9.80 Å². The Morgan fingerprint density at radius 2 is 1.77 bits per heavy atom. The van der Waals surface area contributed by atoms with Crippen molar-refractivity contribution < 1.29 is 43.6 Å². The molecule has 1 unspecified atom stereocenters. The average Bonchev–Trinajstić information content (AvgIpc) is 2.92. The largest absolute Gasteiger partial charge is 0.508 e. The number of phenolic OH excluding ortho intramolecular Hbond substituents is 1. The van der Waals surface area contributed by atoms with E-state index >= 15 is 0 Å². The lowest BCUT2D eigenvalue weighted by atomic mass is 9.57. The van der Waals surface area contributed by atoms with E-state index in [9.17, 15) is 43.6 Å². The number of carbonyl (C=O) groups is 3. The number of rotatable bonds is 6. The van der Waals surface area contributed by atoms with Crippen LogP contribution >= 0.6 is 0 Å². The summed E-state index contributed by atoms with van der Waals surface area (Å²) < 4.78 is 26.3. The number of piperidine rings is 1. The number of anilines is 1. The van der Waals surface area contributed by atoms with Crippen LogP contribution < -0.4 is 10.6 Å². The number of hydrogen-bond donors (Lipinski definition) is 5. The summed E-state index contributed by atoms with van der Waals surface area (Å²) in [6.45, 7) is 1.04. The first-order chi connectivity index (χ1) is 20.1. The second kappa shape index (κ2) is 10.9. The number of ketones is 2. The Morgan fingerprint density at radius 1 is 1.14 bits per heavy atom. The van der Waals surface area contributed by atoms with E-state index in [2.05, 4.69) is 0 Å². The molecule has 1 saturated heterocycles. The normalized spacial score (nSPS) is 28.3. The van der Waals surface area contributed by atoms with E-state index in [4.69, 9.17) is 5.73 Å². The van der Waals surface area contributed by atoms with Gasteiger partial charge in [0.05, 0.1) is 11.6 Å². The van der Waals surface area contributed by atoms with Gasteiger partial charge in [-0.1, -0.05) is 0 Å². The van der Waals surface area contributed by atoms with Gasteiger partial charge in [-0.3, -0.25) is 24.2 Å². The summed E-state index contributed by atoms with van der Waals surface area (Å²) in [6, 6.07) is 0.628. The first kappa shape index (κ1) is 30.9. The van der Waals surface area contributed by atoms with E-state index in [0.717, 1.165) is 0 Å². The standard InChI is InChI=1S/C30H38F2N4O7/c1-34(2)18-11-15(12-36-7-5-13(6-8-36)28(31)32)23(37)20-16(18)9-14-10-17-22(35(3)4)25(39)21(29(33)42)27(41)30(17,43)26(40)19(14)24(20)38/h11,13-14,17,22,28,37-38,41,43H,5-10,12H2,1-4H3,(H2,33,42)/t14-,17-,22?,30-/m0/s1. The number of primary amides is 1. The Balaban J connectivity index is 1.62. The fourth-order valence-corrected chi connectivity index (χ4v) is 7.47. The number of carbonyl (C=O) groups excluding carboxylic acids is 3. The van der Waals surface area contributed by atoms with E-state index in [1.54, 1.807) is 34.3 Å². The lowest BCUT2D eigenvalue weighted by Gasteiger charge is -2.50. The van der Waals surface area contributed by atoms with Crippen molar-refractivity contribution in [1.29, 1.82) is 0 Å². The summed E-state index contributed by atoms with van der Waals surface area (Å²) in [5, 5.41) is 45.9. The molecule has 3 aliphatic carbocycles. The fourth-order valence-electron chi connectivity index (χ4n) is 7.47. The van der Waals surface area contributed by atoms with Crippen molar-refractivity contribution in [2.45, 2.75) is 50.3 Å². The summed E-state index contributed by atoms with van der Waals surface area (Å²) in [5.41, 5.74) is 3.26. The SMILES string of the molecule is CN(C)c1cc(CN2CCC(C(F)F)CC2)c(O)c2c1C[C@H]1C[C@H]3C(N(C)C)C(=O)C(C(N)=O)=C(O)[C@@]3(O)C(=O)C1=C2O. The number of alkyl halides is 2. The van der Waals surface area contributed by atoms with E-state index in [-0.39, 0.29) is 36.3 Å². The number of fused-ring (bicyclic) bond motifs is 3. The molecular formula is C30H38F2N4O7. The minimum Gasteiger partial charge on any atom is -0.508 e. The predicted molar refractivity (Wildman–Crippen MR) is 153 cm³/mol. The Kier molecular flexibility index (Phi) is 7.81. The minimum atomic E-state index is -2.71. The van der Waals surface area contributed by atoms with E-state index < -0.39 is 70.4 Å². The number of halogens is 2. The van der Waals surface area contributed by atoms with Crippen LogP contribution in [0.3, 0.4) is 0 Å². The summed E-state index contributed by atoms with van der Waals surface area (Å²) in [7, 11) is 6.68. The molecule has 11 nitrogen and oxygen atoms in total. The van der Waals surface area contributed by atoms with Gasteiger partial charge in [0.1, 0.15) is 22.8 Å². The van der Waals surface area contributed by atoms with Crippen molar-refractivity contribution in [3.63, 3.8) is 0 Å². The molecule has 1 aromatic carbocycles. The number of benzene rings is 1. The van der Waals surface area contributed by atoms with Crippen LogP contribution in [0.15, 0.2) is 23.0 Å². The first-order valence-electron chi connectivity index (χ1n) is 14.3. The molecule has 6 N–H and O–H groups in total. The second-order valence-corrected chi connectivity index (χ2v) is 12.6. The third kappa shape index (κ3) is 4.68. The lowest BCUT2D eigenvalue weighted by molar-refractivity contribution is -0.153. The molecule has 4 atom stereocenters. The van der Waals surface area contributed by atoms with Gasteiger partial charge in [0, 0.05) is 49.3 Å². The van der Waals surface area contributed by atoms with Crippen LogP contribution in [0.4, 0.5) is 14.5 Å². The van der Waals surface area contributed by atoms with Gasteiger partial charge in [-0.15, -0.1) is 0 Å². The Labute approximate surface area is 247 Å². The highest BCUT2D eigenvalue weighted by Crippen LogP contribution is 2.54. The highest BCUT2D eigenvalue weighted by molar-refractivity contribution is 6.24. The second-order valence-electron chi connectivity index (χ2n) is 12.6. The average molecular weight is 605 g/mol. The van der Waals surface area contributed by atoms with Crippen molar-refractivity contribution in [3.05, 3.63) is 39.7 Å². The number of Topliss-reactive ketones (excluding diaryl/α,β-unsaturated/α-hetero) is 2. The van der Waals surface area contributed by atoms with E-state index in [1.807, 2.05) is 9.80 Å². The number of nitrogens with two attached hydrogens (primary N) is 1. The van der Waals surface area contributed by atoms with Gasteiger partial charge < -0.3 is 31.1 Å². The molecule has 0 bridgehead atoms. The Hall–Kier alpha value is -3.55. The van der Waals surface area contributed by atoms with Gasteiger partial charge in [-0.2, -0.15) is 0 Å². The van der Waals surface area contributed by atoms with E-state index in [1.165, 1.54) is 4.90 Å². The molecule has 0 spiro atoms. The summed E-state index contributed by atoms with van der Waals surface area (Å²) in [4.78, 5) is 44.8. The molecule has 0 radical (unpaired) electrons. The van der Waals surface area contributed by atoms with E-state index in [0.29, 0.717) is 42.7 Å². The number of hydrogen-bond acceptors (Lipinski definition) is 10. The fraction of sp³-hybridized carbons (Fsp3) is 0.567. The number of aliphatic hydroxyl groups excluding tert-OH is 2. The summed E-state index contributed by atoms with van der Waals surface area (Å²) in [6.07, 6.45) is -1.58. The molecule has 1 aliphatic heterocycles. The Bertz CT molecular complexity index is 1450. The number of likely N-dealkylation sites (tertiary alicyclic amines) is 1. The van der Waals surface area contributed by atoms with Gasteiger partial charge in [0.15, 0.2) is 11.4 Å². The molecule has 234 valence electrons. The van der Waals surface area contributed by atoms with Gasteiger partial charge in [0.2, 0.25) is 12.2 Å². The number of nitrogens with zero attached hydrogens (tertiary/aromatic N) is 3. The molecule has 1 heterocycles. The van der Waals surface area contributed by atoms with Crippen LogP contribution in [0.2, 0.25) is 0 Å². The van der Waals surface area contributed by atoms with Crippen LogP contribution in [-0.2, 0) is 27.3 Å². The van der Waals surface area contributed by atoms with Crippen molar-refractivity contribution in [3.8, 4) is 5.75 Å². The lowest BCUT2D eigenvalue weighted by Crippen LogP contribution is -2.65. The third-order valence-corrected chi connectivity index (χ3v) is 9.64. The van der Waals surface area contributed by atoms with Crippen LogP contribution in [0, 0.1) is 17.8 Å². The molecule has 5 rings (SSSR count).